The SMILES string of the molecule is Nc1nc2c(nnn2[C@@H]2O[C@@H]3CO[PH](O)(S)O[C@H]4[C@H](F)[C@H](n5nnc6c(N)ncnc65)O[C@@H]4CO[PH](O)(S)O[C@@H]2[C@@H]3F)c(=O)[nH]1. The summed E-state index contributed by atoms with van der Waals surface area (Å²) in [7, 11) is -9.20. The molecule has 27 heteroatoms. The molecule has 0 radical (unpaired) electrons. The van der Waals surface area contributed by atoms with Crippen molar-refractivity contribution in [3.63, 3.8) is 0 Å². The normalized spacial score (nSPS) is 34.9. The molecule has 45 heavy (non-hydrogen) atoms. The van der Waals surface area contributed by atoms with E-state index in [-0.39, 0.29) is 34.1 Å². The van der Waals surface area contributed by atoms with Crippen molar-refractivity contribution in [1.82, 2.24) is 49.9 Å². The van der Waals surface area contributed by atoms with E-state index in [9.17, 15) is 14.6 Å². The number of nitrogens with zero attached hydrogens (tertiary/aromatic N) is 9. The van der Waals surface area contributed by atoms with E-state index in [2.05, 4.69) is 65.1 Å². The fourth-order valence-electron chi connectivity index (χ4n) is 5.10. The van der Waals surface area contributed by atoms with E-state index < -0.39 is 82.3 Å². The molecule has 7 rings (SSSR count). The number of nitrogen functional groups attached to an aromatic ring is 2. The van der Waals surface area contributed by atoms with Crippen molar-refractivity contribution in [3.8, 4) is 0 Å². The summed E-state index contributed by atoms with van der Waals surface area (Å²) in [6, 6.07) is 0. The van der Waals surface area contributed by atoms with E-state index in [1.807, 2.05) is 0 Å². The predicted octanol–water partition coefficient (Wildman–Crippen LogP) is -1.13. The summed E-state index contributed by atoms with van der Waals surface area (Å²) in [6.07, 6.45) is -12.3. The molecule has 0 spiro atoms. The number of halogens is 2. The Morgan fingerprint density at radius 3 is 2.24 bits per heavy atom. The molecule has 3 aliphatic rings. The Morgan fingerprint density at radius 2 is 1.51 bits per heavy atom. The van der Waals surface area contributed by atoms with Crippen LogP contribution in [0.2, 0.25) is 0 Å². The zero-order valence-corrected chi connectivity index (χ0v) is 26.0. The van der Waals surface area contributed by atoms with Gasteiger partial charge in [0.25, 0.3) is 0 Å². The predicted molar refractivity (Wildman–Crippen MR) is 156 cm³/mol. The standard InChI is InChI=1S/C18H24F2N12O9P2S2/c19-6-4-1-36-42(34,44)40-10-5(39-16(7(10)20)31-13-8(27-29-31)12(21)23-3-24-13)2-37-43(35,45)41-11(6)17(38-4)32-14-9(28-30-32)15(33)26-18(22)25-14/h3-7,10-11,16-17,34-35,42-45H,1-2H2,(H2,21,23,24)(H3,22,25,26,33)/t4-,5-,6-,7+,10-,11-,16-,17-/m1/s1. The van der Waals surface area contributed by atoms with Gasteiger partial charge in [0, 0.05) is 0 Å². The van der Waals surface area contributed by atoms with Gasteiger partial charge in [0.15, 0.2) is 0 Å². The van der Waals surface area contributed by atoms with Crippen LogP contribution in [-0.2, 0) is 27.6 Å². The van der Waals surface area contributed by atoms with E-state index in [4.69, 9.17) is 39.0 Å². The van der Waals surface area contributed by atoms with Crippen molar-refractivity contribution in [1.29, 1.82) is 0 Å². The Hall–Kier alpha value is -2.54. The van der Waals surface area contributed by atoms with Crippen molar-refractivity contribution < 1.29 is 46.1 Å². The molecule has 4 aromatic heterocycles. The van der Waals surface area contributed by atoms with Gasteiger partial charge in [-0.15, -0.1) is 0 Å². The number of thiol groups is 2. The number of ether oxygens (including phenoxy) is 2. The number of nitrogens with two attached hydrogens (primary N) is 2. The van der Waals surface area contributed by atoms with Crippen LogP contribution >= 0.6 is 38.8 Å². The monoisotopic (exact) mass is 716 g/mol. The number of hydrogen-bond donors (Lipinski definition) is 7. The minimum atomic E-state index is -4.62. The number of aromatic amines is 1. The first-order valence-corrected chi connectivity index (χ1v) is 19.0. The Morgan fingerprint density at radius 1 is 0.889 bits per heavy atom. The first kappa shape index (κ1) is 31.1. The quantitative estimate of drug-likeness (QED) is 0.0954. The molecule has 2 bridgehead atoms. The van der Waals surface area contributed by atoms with E-state index in [1.165, 1.54) is 0 Å². The van der Waals surface area contributed by atoms with Crippen molar-refractivity contribution in [2.75, 3.05) is 24.7 Å². The molecule has 8 atom stereocenters. The van der Waals surface area contributed by atoms with E-state index in [1.54, 1.807) is 0 Å². The van der Waals surface area contributed by atoms with Crippen LogP contribution in [0.1, 0.15) is 12.5 Å². The van der Waals surface area contributed by atoms with Crippen LogP contribution in [0.3, 0.4) is 0 Å². The van der Waals surface area contributed by atoms with Crippen LogP contribution < -0.4 is 17.0 Å². The van der Waals surface area contributed by atoms with Gasteiger partial charge in [0.1, 0.15) is 0 Å². The van der Waals surface area contributed by atoms with Crippen LogP contribution in [0, 0.1) is 0 Å². The van der Waals surface area contributed by atoms with E-state index in [0.717, 1.165) is 15.7 Å². The molecule has 3 saturated heterocycles. The molecule has 21 nitrogen and oxygen atoms in total. The number of fused-ring (bicyclic) bond motifs is 5. The van der Waals surface area contributed by atoms with Gasteiger partial charge in [-0.3, -0.25) is 0 Å². The second-order valence-corrected chi connectivity index (χ2v) is 16.7. The zero-order valence-electron chi connectivity index (χ0n) is 22.2. The third kappa shape index (κ3) is 5.59. The van der Waals surface area contributed by atoms with Gasteiger partial charge in [-0.1, -0.05) is 0 Å². The number of alkyl halides is 2. The summed E-state index contributed by atoms with van der Waals surface area (Å²) in [5.41, 5.74) is 10.4. The van der Waals surface area contributed by atoms with Crippen LogP contribution in [0.15, 0.2) is 11.1 Å². The number of aromatic nitrogens is 10. The molecule has 3 fully saturated rings. The Labute approximate surface area is 259 Å². The summed E-state index contributed by atoms with van der Waals surface area (Å²) in [5.74, 6) is -0.302. The number of hydrogen-bond acceptors (Lipinski definition) is 20. The Bertz CT molecular complexity index is 1820. The number of H-pyrrole nitrogens is 1. The second-order valence-electron chi connectivity index (χ2n) is 10.0. The topological polar surface area (TPSA) is 281 Å². The molecule has 0 saturated carbocycles. The van der Waals surface area contributed by atoms with Crippen molar-refractivity contribution >= 4 is 72.9 Å². The molecule has 7 N–H and O–H groups in total. The molecule has 3 aliphatic heterocycles. The van der Waals surface area contributed by atoms with E-state index in [0.29, 0.717) is 0 Å². The maximum atomic E-state index is 16.0. The molecular weight excluding hydrogens is 692 g/mol. The first-order chi connectivity index (χ1) is 21.3. The van der Waals surface area contributed by atoms with Crippen LogP contribution in [0.5, 0.6) is 0 Å². The summed E-state index contributed by atoms with van der Waals surface area (Å²) < 4.78 is 67.5. The van der Waals surface area contributed by atoms with Crippen LogP contribution in [0.25, 0.3) is 22.3 Å². The first-order valence-electron chi connectivity index (χ1n) is 12.9. The van der Waals surface area contributed by atoms with Crippen molar-refractivity contribution in [2.24, 2.45) is 0 Å². The zero-order chi connectivity index (χ0) is 31.8. The van der Waals surface area contributed by atoms with Crippen LogP contribution in [-0.4, -0.2) is 110 Å². The molecular formula is C18H24F2N12O9P2S2. The molecule has 0 unspecified atom stereocenters. The Kier molecular flexibility index (Phi) is 7.81. The molecule has 0 aliphatic carbocycles. The fourth-order valence-corrected chi connectivity index (χ4v) is 8.42. The number of anilines is 2. The summed E-state index contributed by atoms with van der Waals surface area (Å²) >= 11 is 8.18. The second kappa shape index (κ2) is 11.3. The Balaban J connectivity index is 1.20. The third-order valence-electron chi connectivity index (χ3n) is 7.11. The fraction of sp³-hybridized carbons (Fsp3) is 0.556. The van der Waals surface area contributed by atoms with Crippen molar-refractivity contribution in [2.45, 2.75) is 49.2 Å². The number of rotatable bonds is 2. The van der Waals surface area contributed by atoms with E-state index >= 15 is 8.78 Å². The van der Waals surface area contributed by atoms with Gasteiger partial charge < -0.3 is 0 Å². The van der Waals surface area contributed by atoms with Gasteiger partial charge in [0.2, 0.25) is 0 Å². The summed E-state index contributed by atoms with van der Waals surface area (Å²) in [5, 5.41) is 15.3. The van der Waals surface area contributed by atoms with Gasteiger partial charge in [-0.25, -0.2) is 0 Å². The van der Waals surface area contributed by atoms with Gasteiger partial charge in [-0.05, 0) is 0 Å². The molecule has 0 amide bonds. The van der Waals surface area contributed by atoms with Gasteiger partial charge >= 0.3 is 260 Å². The average molecular weight is 717 g/mol. The summed E-state index contributed by atoms with van der Waals surface area (Å²) in [6.45, 7) is -1.34. The molecule has 4 aromatic rings. The van der Waals surface area contributed by atoms with Gasteiger partial charge in [-0.2, -0.15) is 0 Å². The third-order valence-corrected chi connectivity index (χ3v) is 10.8. The van der Waals surface area contributed by atoms with Crippen LogP contribution in [0.4, 0.5) is 20.5 Å². The average Bonchev–Trinajstić information content (AvgIpc) is 3.72. The molecule has 7 heterocycles. The molecule has 246 valence electrons. The molecule has 0 aromatic carbocycles. The van der Waals surface area contributed by atoms with Gasteiger partial charge in [0.05, 0.1) is 0 Å². The minimum absolute atomic E-state index is 0.0121. The van der Waals surface area contributed by atoms with Crippen molar-refractivity contribution in [3.05, 3.63) is 16.7 Å². The maximum absolute atomic E-state index is 16.0. The summed E-state index contributed by atoms with van der Waals surface area (Å²) in [4.78, 5) is 48.4. The number of nitrogens with one attached hydrogen (secondary N) is 1.